The quantitative estimate of drug-likeness (QED) is 0.471. The van der Waals surface area contributed by atoms with Crippen molar-refractivity contribution in [1.29, 1.82) is 0 Å². The first kappa shape index (κ1) is 21.9. The highest BCUT2D eigenvalue weighted by atomic mass is 16.1. The average Bonchev–Trinajstić information content (AvgIpc) is 3.31. The summed E-state index contributed by atoms with van der Waals surface area (Å²) in [5.41, 5.74) is 6.11. The van der Waals surface area contributed by atoms with E-state index in [9.17, 15) is 4.79 Å². The van der Waals surface area contributed by atoms with Gasteiger partial charge in [-0.25, -0.2) is 4.68 Å². The van der Waals surface area contributed by atoms with Gasteiger partial charge in [0.05, 0.1) is 11.3 Å². The van der Waals surface area contributed by atoms with Crippen LogP contribution in [0.5, 0.6) is 0 Å². The van der Waals surface area contributed by atoms with Crippen molar-refractivity contribution in [3.8, 4) is 16.9 Å². The molecule has 0 bridgehead atoms. The summed E-state index contributed by atoms with van der Waals surface area (Å²) in [7, 11) is 2.15. The minimum atomic E-state index is -0.173. The number of carbonyl (C=O) groups is 1. The van der Waals surface area contributed by atoms with Gasteiger partial charge in [-0.15, -0.1) is 0 Å². The van der Waals surface area contributed by atoms with E-state index in [0.717, 1.165) is 48.7 Å². The molecule has 0 spiro atoms. The predicted molar refractivity (Wildman–Crippen MR) is 138 cm³/mol. The summed E-state index contributed by atoms with van der Waals surface area (Å²) in [5.74, 6) is -0.173. The molecule has 2 heterocycles. The molecule has 1 aromatic heterocycles. The summed E-state index contributed by atoms with van der Waals surface area (Å²) < 4.78 is 1.77. The molecule has 172 valence electrons. The zero-order chi connectivity index (χ0) is 23.5. The lowest BCUT2D eigenvalue weighted by molar-refractivity contribution is 0.102. The second-order valence-electron chi connectivity index (χ2n) is 8.78. The van der Waals surface area contributed by atoms with E-state index in [0.29, 0.717) is 11.3 Å². The molecular weight excluding hydrogens is 422 g/mol. The highest BCUT2D eigenvalue weighted by molar-refractivity contribution is 6.08. The zero-order valence-electron chi connectivity index (χ0n) is 19.6. The fraction of sp³-hybridized carbons (Fsp3) is 0.214. The van der Waals surface area contributed by atoms with Crippen molar-refractivity contribution in [3.63, 3.8) is 0 Å². The number of likely N-dealkylation sites (N-methyl/N-ethyl adjacent to an activating group) is 1. The maximum atomic E-state index is 13.4. The Morgan fingerprint density at radius 3 is 2.21 bits per heavy atom. The number of nitrogens with one attached hydrogen (secondary N) is 1. The number of amides is 1. The van der Waals surface area contributed by atoms with Crippen molar-refractivity contribution in [1.82, 2.24) is 14.7 Å². The summed E-state index contributed by atoms with van der Waals surface area (Å²) in [6.45, 7) is 6.19. The summed E-state index contributed by atoms with van der Waals surface area (Å²) in [5, 5.41) is 7.87. The number of benzene rings is 3. The average molecular weight is 452 g/mol. The number of anilines is 2. The first-order valence-electron chi connectivity index (χ1n) is 11.6. The van der Waals surface area contributed by atoms with Gasteiger partial charge in [-0.05, 0) is 55.9 Å². The van der Waals surface area contributed by atoms with Crippen LogP contribution in [0.15, 0.2) is 85.1 Å². The molecule has 0 atom stereocenters. The van der Waals surface area contributed by atoms with E-state index in [-0.39, 0.29) is 5.91 Å². The van der Waals surface area contributed by atoms with Crippen LogP contribution in [-0.4, -0.2) is 53.8 Å². The maximum Gasteiger partial charge on any atom is 0.259 e. The normalized spacial score (nSPS) is 14.2. The van der Waals surface area contributed by atoms with Crippen molar-refractivity contribution in [2.45, 2.75) is 6.92 Å². The lowest BCUT2D eigenvalue weighted by atomic mass is 10.0. The summed E-state index contributed by atoms with van der Waals surface area (Å²) in [4.78, 5) is 18.1. The predicted octanol–water partition coefficient (Wildman–Crippen LogP) is 4.85. The molecule has 1 saturated heterocycles. The Balaban J connectivity index is 1.42. The number of carbonyl (C=O) groups excluding carboxylic acids is 1. The molecule has 3 aromatic carbocycles. The van der Waals surface area contributed by atoms with Gasteiger partial charge >= 0.3 is 0 Å². The fourth-order valence-electron chi connectivity index (χ4n) is 4.31. The molecule has 4 aromatic rings. The van der Waals surface area contributed by atoms with Gasteiger partial charge in [-0.3, -0.25) is 4.79 Å². The highest BCUT2D eigenvalue weighted by Crippen LogP contribution is 2.28. The number of para-hydroxylation sites is 1. The van der Waals surface area contributed by atoms with E-state index in [1.807, 2.05) is 79.9 Å². The number of nitrogens with zero attached hydrogens (tertiary/aromatic N) is 4. The molecule has 0 unspecified atom stereocenters. The number of hydrogen-bond donors (Lipinski definition) is 1. The molecule has 0 saturated carbocycles. The SMILES string of the molecule is Cc1ccccc1-c1nn(-c2ccccc2)cc1C(=O)Nc1ccc(N2CCN(C)CC2)cc1. The van der Waals surface area contributed by atoms with Crippen LogP contribution in [-0.2, 0) is 0 Å². The third-order valence-corrected chi connectivity index (χ3v) is 6.37. The Morgan fingerprint density at radius 1 is 0.824 bits per heavy atom. The monoisotopic (exact) mass is 451 g/mol. The summed E-state index contributed by atoms with van der Waals surface area (Å²) in [6, 6.07) is 26.0. The van der Waals surface area contributed by atoms with Gasteiger partial charge in [0.2, 0.25) is 0 Å². The molecule has 0 radical (unpaired) electrons. The van der Waals surface area contributed by atoms with Gasteiger partial charge in [0, 0.05) is 49.3 Å². The van der Waals surface area contributed by atoms with Crippen molar-refractivity contribution in [2.75, 3.05) is 43.4 Å². The van der Waals surface area contributed by atoms with Crippen LogP contribution < -0.4 is 10.2 Å². The van der Waals surface area contributed by atoms with Crippen LogP contribution in [0.1, 0.15) is 15.9 Å². The van der Waals surface area contributed by atoms with Gasteiger partial charge in [0.25, 0.3) is 5.91 Å². The number of aromatic nitrogens is 2. The van der Waals surface area contributed by atoms with Gasteiger partial charge in [0.1, 0.15) is 5.69 Å². The Morgan fingerprint density at radius 2 is 1.50 bits per heavy atom. The minimum absolute atomic E-state index is 0.173. The van der Waals surface area contributed by atoms with E-state index in [4.69, 9.17) is 5.10 Å². The van der Waals surface area contributed by atoms with Gasteiger partial charge < -0.3 is 15.1 Å². The second kappa shape index (κ2) is 9.53. The van der Waals surface area contributed by atoms with Crippen LogP contribution in [0.4, 0.5) is 11.4 Å². The summed E-state index contributed by atoms with van der Waals surface area (Å²) in [6.07, 6.45) is 1.81. The molecule has 6 nitrogen and oxygen atoms in total. The Labute approximate surface area is 200 Å². The summed E-state index contributed by atoms with van der Waals surface area (Å²) >= 11 is 0. The van der Waals surface area contributed by atoms with E-state index in [1.165, 1.54) is 5.69 Å². The van der Waals surface area contributed by atoms with Crippen LogP contribution >= 0.6 is 0 Å². The molecule has 5 rings (SSSR count). The number of hydrogen-bond acceptors (Lipinski definition) is 4. The minimum Gasteiger partial charge on any atom is -0.369 e. The lowest BCUT2D eigenvalue weighted by Crippen LogP contribution is -2.44. The van der Waals surface area contributed by atoms with Gasteiger partial charge in [0.15, 0.2) is 0 Å². The molecule has 34 heavy (non-hydrogen) atoms. The highest BCUT2D eigenvalue weighted by Gasteiger charge is 2.20. The third kappa shape index (κ3) is 4.58. The standard InChI is InChI=1S/C28H29N5O/c1-21-8-6-7-11-25(21)27-26(20-33(30-27)24-9-4-3-5-10-24)28(34)29-22-12-14-23(15-13-22)32-18-16-31(2)17-19-32/h3-15,20H,16-19H2,1-2H3,(H,29,34). The number of aryl methyl sites for hydroxylation is 1. The van der Waals surface area contributed by atoms with Crippen molar-refractivity contribution >= 4 is 17.3 Å². The number of piperazine rings is 1. The molecule has 1 N–H and O–H groups in total. The third-order valence-electron chi connectivity index (χ3n) is 6.37. The molecule has 1 fully saturated rings. The van der Waals surface area contributed by atoms with Gasteiger partial charge in [-0.1, -0.05) is 42.5 Å². The molecule has 1 amide bonds. The van der Waals surface area contributed by atoms with Crippen molar-refractivity contribution in [2.24, 2.45) is 0 Å². The van der Waals surface area contributed by atoms with Crippen molar-refractivity contribution < 1.29 is 4.79 Å². The maximum absolute atomic E-state index is 13.4. The molecule has 1 aliphatic heterocycles. The topological polar surface area (TPSA) is 53.4 Å². The first-order chi connectivity index (χ1) is 16.6. The van der Waals surface area contributed by atoms with E-state index >= 15 is 0 Å². The van der Waals surface area contributed by atoms with Gasteiger partial charge in [-0.2, -0.15) is 5.10 Å². The van der Waals surface area contributed by atoms with Crippen LogP contribution in [0, 0.1) is 6.92 Å². The largest absolute Gasteiger partial charge is 0.369 e. The van der Waals surface area contributed by atoms with Crippen molar-refractivity contribution in [3.05, 3.63) is 96.2 Å². The Kier molecular flexibility index (Phi) is 6.14. The zero-order valence-corrected chi connectivity index (χ0v) is 19.6. The Bertz CT molecular complexity index is 1270. The second-order valence-corrected chi connectivity index (χ2v) is 8.78. The molecule has 1 aliphatic rings. The Hall–Kier alpha value is -3.90. The molecule has 0 aliphatic carbocycles. The van der Waals surface area contributed by atoms with Crippen LogP contribution in [0.2, 0.25) is 0 Å². The van der Waals surface area contributed by atoms with Crippen LogP contribution in [0.3, 0.4) is 0 Å². The molecular formula is C28H29N5O. The lowest BCUT2D eigenvalue weighted by Gasteiger charge is -2.34. The van der Waals surface area contributed by atoms with Crippen LogP contribution in [0.25, 0.3) is 16.9 Å². The van der Waals surface area contributed by atoms with E-state index in [2.05, 4.69) is 34.3 Å². The smallest absolute Gasteiger partial charge is 0.259 e. The molecule has 6 heteroatoms. The van der Waals surface area contributed by atoms with E-state index in [1.54, 1.807) is 4.68 Å². The van der Waals surface area contributed by atoms with E-state index < -0.39 is 0 Å². The fourth-order valence-corrected chi connectivity index (χ4v) is 4.31. The number of rotatable bonds is 5. The first-order valence-corrected chi connectivity index (χ1v) is 11.6.